The summed E-state index contributed by atoms with van der Waals surface area (Å²) in [6.07, 6.45) is 1.21. The maximum absolute atomic E-state index is 10.1. The lowest BCUT2D eigenvalue weighted by Crippen LogP contribution is -1.90. The van der Waals surface area contributed by atoms with Crippen LogP contribution in [0.2, 0.25) is 5.02 Å². The molecule has 3 nitrogen and oxygen atoms in total. The van der Waals surface area contributed by atoms with E-state index in [4.69, 9.17) is 16.1 Å². The Kier molecular flexibility index (Phi) is 2.46. The molecule has 1 atom stereocenters. The van der Waals surface area contributed by atoms with Crippen molar-refractivity contribution >= 4 is 28.1 Å². The molecular weight excluding hydrogens is 274 g/mol. The number of hydrogen-bond donors (Lipinski definition) is 1. The van der Waals surface area contributed by atoms with E-state index in [1.54, 1.807) is 12.1 Å². The minimum absolute atomic E-state index is 0.597. The Balaban J connectivity index is 1.95. The Morgan fingerprint density at radius 1 is 1.15 bits per heavy atom. The first-order valence-corrected chi connectivity index (χ1v) is 6.66. The van der Waals surface area contributed by atoms with Crippen LogP contribution in [-0.4, -0.2) is 10.3 Å². The molecule has 0 radical (unpaired) electrons. The molecule has 20 heavy (non-hydrogen) atoms. The molecule has 0 fully saturated rings. The topological polar surface area (TPSA) is 46.3 Å². The Morgan fingerprint density at radius 2 is 2.00 bits per heavy atom. The summed E-state index contributed by atoms with van der Waals surface area (Å²) in [5.74, 6) is 0. The van der Waals surface area contributed by atoms with E-state index in [0.717, 1.165) is 27.8 Å². The van der Waals surface area contributed by atoms with Crippen LogP contribution in [0.1, 0.15) is 22.9 Å². The molecule has 0 amide bonds. The average molecular weight is 284 g/mol. The van der Waals surface area contributed by atoms with Crippen LogP contribution >= 0.6 is 11.6 Å². The smallest absolute Gasteiger partial charge is 0.169 e. The third kappa shape index (κ3) is 1.60. The number of fused-ring (bicyclic) bond motifs is 2. The maximum Gasteiger partial charge on any atom is 0.169 e. The standard InChI is InChI=1S/C16H10ClNO2/c17-9-5-6-12-15(7-9)20-18-16(12)13-8-14(19)11-4-2-1-3-10(11)13/h1-8,14,19H. The SMILES string of the molecule is OC1C=C(c2noc3cc(Cl)ccc23)c2ccccc21. The molecule has 1 unspecified atom stereocenters. The predicted molar refractivity (Wildman–Crippen MR) is 77.5 cm³/mol. The Morgan fingerprint density at radius 3 is 2.90 bits per heavy atom. The normalized spacial score (nSPS) is 17.3. The number of rotatable bonds is 1. The molecule has 3 aromatic rings. The van der Waals surface area contributed by atoms with Gasteiger partial charge < -0.3 is 9.63 Å². The van der Waals surface area contributed by atoms with Crippen LogP contribution in [0.3, 0.4) is 0 Å². The highest BCUT2D eigenvalue weighted by molar-refractivity contribution is 6.31. The fourth-order valence-corrected chi connectivity index (χ4v) is 2.81. The summed E-state index contributed by atoms with van der Waals surface area (Å²) in [5.41, 5.74) is 4.17. The number of aliphatic hydroxyl groups is 1. The molecule has 4 heteroatoms. The number of benzene rings is 2. The van der Waals surface area contributed by atoms with E-state index < -0.39 is 6.10 Å². The summed E-state index contributed by atoms with van der Waals surface area (Å²) in [6, 6.07) is 13.2. The van der Waals surface area contributed by atoms with Crippen LogP contribution in [0.5, 0.6) is 0 Å². The highest BCUT2D eigenvalue weighted by Gasteiger charge is 2.25. The van der Waals surface area contributed by atoms with Gasteiger partial charge in [-0.15, -0.1) is 0 Å². The highest BCUT2D eigenvalue weighted by Crippen LogP contribution is 2.40. The maximum atomic E-state index is 10.1. The van der Waals surface area contributed by atoms with Gasteiger partial charge in [0.25, 0.3) is 0 Å². The number of aromatic nitrogens is 1. The van der Waals surface area contributed by atoms with Gasteiger partial charge in [0.2, 0.25) is 0 Å². The second-order valence-corrected chi connectivity index (χ2v) is 5.22. The number of hydrogen-bond acceptors (Lipinski definition) is 3. The molecular formula is C16H10ClNO2. The molecule has 1 aliphatic rings. The van der Waals surface area contributed by atoms with Gasteiger partial charge in [0.1, 0.15) is 5.69 Å². The summed E-state index contributed by atoms with van der Waals surface area (Å²) in [4.78, 5) is 0. The third-order valence-electron chi connectivity index (χ3n) is 3.58. The largest absolute Gasteiger partial charge is 0.384 e. The Bertz CT molecular complexity index is 851. The van der Waals surface area contributed by atoms with Crippen molar-refractivity contribution in [3.05, 3.63) is 70.4 Å². The van der Waals surface area contributed by atoms with Crippen LogP contribution in [0.4, 0.5) is 0 Å². The quantitative estimate of drug-likeness (QED) is 0.735. The molecule has 1 N–H and O–H groups in total. The molecule has 0 spiro atoms. The van der Waals surface area contributed by atoms with Crippen molar-refractivity contribution in [2.45, 2.75) is 6.10 Å². The summed E-state index contributed by atoms with van der Waals surface area (Å²) < 4.78 is 5.34. The van der Waals surface area contributed by atoms with Gasteiger partial charge in [-0.2, -0.15) is 0 Å². The van der Waals surface area contributed by atoms with E-state index in [1.807, 2.05) is 36.4 Å². The molecule has 4 rings (SSSR count). The van der Waals surface area contributed by atoms with Crippen molar-refractivity contribution in [1.29, 1.82) is 0 Å². The van der Waals surface area contributed by atoms with Crippen LogP contribution in [0.25, 0.3) is 16.5 Å². The van der Waals surface area contributed by atoms with Crippen LogP contribution in [0, 0.1) is 0 Å². The summed E-state index contributed by atoms with van der Waals surface area (Å²) in [5, 5.41) is 15.8. The van der Waals surface area contributed by atoms with E-state index >= 15 is 0 Å². The highest BCUT2D eigenvalue weighted by atomic mass is 35.5. The van der Waals surface area contributed by atoms with Crippen molar-refractivity contribution in [3.8, 4) is 0 Å². The lowest BCUT2D eigenvalue weighted by atomic mass is 10.0. The van der Waals surface area contributed by atoms with Gasteiger partial charge in [-0.3, -0.25) is 0 Å². The van der Waals surface area contributed by atoms with Gasteiger partial charge in [0.05, 0.1) is 6.10 Å². The lowest BCUT2D eigenvalue weighted by molar-refractivity contribution is 0.232. The van der Waals surface area contributed by atoms with E-state index in [9.17, 15) is 5.11 Å². The summed E-state index contributed by atoms with van der Waals surface area (Å²) in [6.45, 7) is 0. The number of aliphatic hydroxyl groups excluding tert-OH is 1. The second-order valence-electron chi connectivity index (χ2n) is 4.78. The fourth-order valence-electron chi connectivity index (χ4n) is 2.65. The number of halogens is 1. The first kappa shape index (κ1) is 11.7. The predicted octanol–water partition coefficient (Wildman–Crippen LogP) is 3.96. The Hall–Kier alpha value is -2.10. The molecule has 98 valence electrons. The van der Waals surface area contributed by atoms with Crippen molar-refractivity contribution < 1.29 is 9.63 Å². The van der Waals surface area contributed by atoms with Gasteiger partial charge in [-0.05, 0) is 29.3 Å². The van der Waals surface area contributed by atoms with Gasteiger partial charge in [0.15, 0.2) is 5.58 Å². The minimum atomic E-state index is -0.597. The molecule has 1 aromatic heterocycles. The third-order valence-corrected chi connectivity index (χ3v) is 3.82. The van der Waals surface area contributed by atoms with Crippen molar-refractivity contribution in [1.82, 2.24) is 5.16 Å². The minimum Gasteiger partial charge on any atom is -0.384 e. The van der Waals surface area contributed by atoms with Crippen molar-refractivity contribution in [3.63, 3.8) is 0 Å². The molecule has 0 saturated carbocycles. The van der Waals surface area contributed by atoms with E-state index in [-0.39, 0.29) is 0 Å². The first-order valence-electron chi connectivity index (χ1n) is 6.28. The zero-order chi connectivity index (χ0) is 13.7. The second kappa shape index (κ2) is 4.20. The Labute approximate surface area is 120 Å². The molecule has 1 heterocycles. The van der Waals surface area contributed by atoms with Gasteiger partial charge in [-0.25, -0.2) is 0 Å². The molecule has 0 aliphatic heterocycles. The van der Waals surface area contributed by atoms with Gasteiger partial charge >= 0.3 is 0 Å². The van der Waals surface area contributed by atoms with Crippen LogP contribution in [-0.2, 0) is 0 Å². The monoisotopic (exact) mass is 283 g/mol. The fraction of sp³-hybridized carbons (Fsp3) is 0.0625. The molecule has 1 aliphatic carbocycles. The van der Waals surface area contributed by atoms with Crippen LogP contribution < -0.4 is 0 Å². The van der Waals surface area contributed by atoms with Crippen molar-refractivity contribution in [2.75, 3.05) is 0 Å². The van der Waals surface area contributed by atoms with E-state index in [2.05, 4.69) is 5.16 Å². The zero-order valence-corrected chi connectivity index (χ0v) is 11.1. The molecule has 2 aromatic carbocycles. The van der Waals surface area contributed by atoms with E-state index in [1.165, 1.54) is 0 Å². The molecule has 0 bridgehead atoms. The summed E-state index contributed by atoms with van der Waals surface area (Å²) >= 11 is 5.95. The van der Waals surface area contributed by atoms with Gasteiger partial charge in [0, 0.05) is 22.0 Å². The summed E-state index contributed by atoms with van der Waals surface area (Å²) in [7, 11) is 0. The van der Waals surface area contributed by atoms with Crippen LogP contribution in [0.15, 0.2) is 53.1 Å². The zero-order valence-electron chi connectivity index (χ0n) is 10.4. The van der Waals surface area contributed by atoms with E-state index in [0.29, 0.717) is 10.6 Å². The first-order chi connectivity index (χ1) is 9.74. The van der Waals surface area contributed by atoms with Gasteiger partial charge in [-0.1, -0.05) is 41.0 Å². The number of nitrogens with zero attached hydrogens (tertiary/aromatic N) is 1. The van der Waals surface area contributed by atoms with Crippen molar-refractivity contribution in [2.24, 2.45) is 0 Å². The molecule has 0 saturated heterocycles. The lowest BCUT2D eigenvalue weighted by Gasteiger charge is -2.03. The average Bonchev–Trinajstić information content (AvgIpc) is 3.00.